The van der Waals surface area contributed by atoms with E-state index in [1.54, 1.807) is 0 Å². The fourth-order valence-corrected chi connectivity index (χ4v) is 3.02. The molecule has 1 aromatic rings. The Morgan fingerprint density at radius 1 is 1.44 bits per heavy atom. The molecule has 1 aliphatic carbocycles. The normalized spacial score (nSPS) is 29.2. The van der Waals surface area contributed by atoms with Crippen LogP contribution in [0, 0.1) is 5.92 Å². The quantitative estimate of drug-likeness (QED) is 0.819. The van der Waals surface area contributed by atoms with Gasteiger partial charge in [0.25, 0.3) is 0 Å². The van der Waals surface area contributed by atoms with E-state index >= 15 is 0 Å². The second-order valence-electron chi connectivity index (χ2n) is 5.25. The lowest BCUT2D eigenvalue weighted by atomic mass is 9.70. The summed E-state index contributed by atoms with van der Waals surface area (Å²) in [7, 11) is 0. The first kappa shape index (κ1) is 12.1. The van der Waals surface area contributed by atoms with Crippen LogP contribution >= 0.6 is 15.9 Å². The minimum Gasteiger partial charge on any atom is -0.385 e. The van der Waals surface area contributed by atoms with Crippen molar-refractivity contribution in [2.75, 3.05) is 0 Å². The lowest BCUT2D eigenvalue weighted by molar-refractivity contribution is -0.0286. The van der Waals surface area contributed by atoms with E-state index in [-0.39, 0.29) is 5.92 Å². The minimum atomic E-state index is -0.647. The molecule has 88 valence electrons. The van der Waals surface area contributed by atoms with Crippen LogP contribution in [0.15, 0.2) is 22.7 Å². The van der Waals surface area contributed by atoms with E-state index in [1.165, 1.54) is 5.56 Å². The van der Waals surface area contributed by atoms with Crippen molar-refractivity contribution in [2.24, 2.45) is 5.92 Å². The van der Waals surface area contributed by atoms with Crippen LogP contribution in [-0.4, -0.2) is 5.11 Å². The van der Waals surface area contributed by atoms with Gasteiger partial charge in [0.2, 0.25) is 0 Å². The molecule has 1 N–H and O–H groups in total. The molecule has 2 unspecified atom stereocenters. The molecule has 0 heterocycles. The highest BCUT2D eigenvalue weighted by Gasteiger charge is 2.39. The number of rotatable bonds is 1. The van der Waals surface area contributed by atoms with Crippen molar-refractivity contribution < 1.29 is 5.11 Å². The summed E-state index contributed by atoms with van der Waals surface area (Å²) in [6.45, 7) is 6.44. The molecule has 0 bridgehead atoms. The van der Waals surface area contributed by atoms with Crippen LogP contribution in [0.3, 0.4) is 0 Å². The fraction of sp³-hybridized carbons (Fsp3) is 0.571. The molecule has 1 aromatic carbocycles. The van der Waals surface area contributed by atoms with E-state index < -0.39 is 5.60 Å². The van der Waals surface area contributed by atoms with Crippen molar-refractivity contribution in [3.63, 3.8) is 0 Å². The zero-order chi connectivity index (χ0) is 11.9. The van der Waals surface area contributed by atoms with Gasteiger partial charge in [-0.1, -0.05) is 42.8 Å². The summed E-state index contributed by atoms with van der Waals surface area (Å²) < 4.78 is 1.06. The summed E-state index contributed by atoms with van der Waals surface area (Å²) in [4.78, 5) is 0. The molecular formula is C14H19BrO. The van der Waals surface area contributed by atoms with Crippen LogP contribution < -0.4 is 0 Å². The number of hydrogen-bond acceptors (Lipinski definition) is 1. The van der Waals surface area contributed by atoms with Gasteiger partial charge in [-0.2, -0.15) is 0 Å². The monoisotopic (exact) mass is 282 g/mol. The molecule has 2 heteroatoms. The average Bonchev–Trinajstić information content (AvgIpc) is 2.23. The van der Waals surface area contributed by atoms with Gasteiger partial charge in [0, 0.05) is 4.47 Å². The number of aliphatic hydroxyl groups is 1. The maximum absolute atomic E-state index is 10.8. The summed E-state index contributed by atoms with van der Waals surface area (Å²) >= 11 is 3.50. The molecule has 0 spiro atoms. The van der Waals surface area contributed by atoms with Crippen molar-refractivity contribution >= 4 is 15.9 Å². The summed E-state index contributed by atoms with van der Waals surface area (Å²) in [6, 6.07) is 6.31. The van der Waals surface area contributed by atoms with Gasteiger partial charge in [-0.3, -0.25) is 0 Å². The third-order valence-electron chi connectivity index (χ3n) is 3.93. The Balaban J connectivity index is 2.58. The highest BCUT2D eigenvalue weighted by atomic mass is 79.9. The first-order chi connectivity index (χ1) is 7.45. The largest absolute Gasteiger partial charge is 0.385 e. The van der Waals surface area contributed by atoms with Crippen molar-refractivity contribution in [3.8, 4) is 0 Å². The SMILES string of the molecule is CC1CCC(O)(C(C)C)c2cc(Br)ccc21. The molecule has 16 heavy (non-hydrogen) atoms. The molecule has 2 rings (SSSR count). The van der Waals surface area contributed by atoms with E-state index in [1.807, 2.05) is 0 Å². The first-order valence-electron chi connectivity index (χ1n) is 5.97. The number of benzene rings is 1. The maximum Gasteiger partial charge on any atom is 0.0922 e. The highest BCUT2D eigenvalue weighted by Crippen LogP contribution is 2.45. The van der Waals surface area contributed by atoms with E-state index in [2.05, 4.69) is 54.9 Å². The molecule has 1 aliphatic rings. The number of halogens is 1. The van der Waals surface area contributed by atoms with Crippen molar-refractivity contribution in [1.29, 1.82) is 0 Å². The molecule has 2 atom stereocenters. The lowest BCUT2D eigenvalue weighted by Crippen LogP contribution is -2.36. The van der Waals surface area contributed by atoms with Gasteiger partial charge in [-0.25, -0.2) is 0 Å². The Labute approximate surface area is 106 Å². The Kier molecular flexibility index (Phi) is 3.15. The summed E-state index contributed by atoms with van der Waals surface area (Å²) in [5, 5.41) is 10.8. The molecule has 0 radical (unpaired) electrons. The second-order valence-corrected chi connectivity index (χ2v) is 6.17. The van der Waals surface area contributed by atoms with Crippen LogP contribution in [-0.2, 0) is 5.60 Å². The third kappa shape index (κ3) is 1.82. The van der Waals surface area contributed by atoms with Gasteiger partial charge in [-0.05, 0) is 47.9 Å². The molecule has 0 aromatic heterocycles. The van der Waals surface area contributed by atoms with Gasteiger partial charge in [-0.15, -0.1) is 0 Å². The summed E-state index contributed by atoms with van der Waals surface area (Å²) in [5.74, 6) is 0.815. The molecule has 0 fully saturated rings. The number of hydrogen-bond donors (Lipinski definition) is 1. The van der Waals surface area contributed by atoms with Gasteiger partial charge in [0.05, 0.1) is 5.60 Å². The zero-order valence-corrected chi connectivity index (χ0v) is 11.7. The highest BCUT2D eigenvalue weighted by molar-refractivity contribution is 9.10. The molecule has 0 saturated heterocycles. The Morgan fingerprint density at radius 2 is 2.12 bits per heavy atom. The van der Waals surface area contributed by atoms with E-state index in [0.717, 1.165) is 22.9 Å². The molecule has 1 nitrogen and oxygen atoms in total. The lowest BCUT2D eigenvalue weighted by Gasteiger charge is -2.40. The van der Waals surface area contributed by atoms with Gasteiger partial charge in [0.1, 0.15) is 0 Å². The Hall–Kier alpha value is -0.340. The van der Waals surface area contributed by atoms with Crippen molar-refractivity contribution in [3.05, 3.63) is 33.8 Å². The summed E-state index contributed by atoms with van der Waals surface area (Å²) in [6.07, 6.45) is 1.94. The maximum atomic E-state index is 10.8. The fourth-order valence-electron chi connectivity index (χ4n) is 2.66. The van der Waals surface area contributed by atoms with Gasteiger partial charge < -0.3 is 5.11 Å². The smallest absolute Gasteiger partial charge is 0.0922 e. The molecule has 0 aliphatic heterocycles. The molecular weight excluding hydrogens is 264 g/mol. The third-order valence-corrected chi connectivity index (χ3v) is 4.42. The van der Waals surface area contributed by atoms with Crippen LogP contribution in [0.2, 0.25) is 0 Å². The molecule has 0 amide bonds. The van der Waals surface area contributed by atoms with E-state index in [4.69, 9.17) is 0 Å². The van der Waals surface area contributed by atoms with E-state index in [0.29, 0.717) is 5.92 Å². The average molecular weight is 283 g/mol. The van der Waals surface area contributed by atoms with E-state index in [9.17, 15) is 5.11 Å². The minimum absolute atomic E-state index is 0.257. The standard InChI is InChI=1S/C14H19BrO/c1-9(2)14(16)7-6-10(3)12-5-4-11(15)8-13(12)14/h4-5,8-10,16H,6-7H2,1-3H3. The van der Waals surface area contributed by atoms with Crippen LogP contribution in [0.25, 0.3) is 0 Å². The van der Waals surface area contributed by atoms with Crippen LogP contribution in [0.5, 0.6) is 0 Å². The first-order valence-corrected chi connectivity index (χ1v) is 6.76. The Morgan fingerprint density at radius 3 is 2.75 bits per heavy atom. The predicted molar refractivity (Wildman–Crippen MR) is 70.5 cm³/mol. The predicted octanol–water partition coefficient (Wildman–Crippen LogP) is 4.19. The van der Waals surface area contributed by atoms with Crippen molar-refractivity contribution in [1.82, 2.24) is 0 Å². The summed E-state index contributed by atoms with van der Waals surface area (Å²) in [5.41, 5.74) is 1.78. The topological polar surface area (TPSA) is 20.2 Å². The van der Waals surface area contributed by atoms with Crippen LogP contribution in [0.1, 0.15) is 50.7 Å². The van der Waals surface area contributed by atoms with Crippen molar-refractivity contribution in [2.45, 2.75) is 45.1 Å². The number of fused-ring (bicyclic) bond motifs is 1. The van der Waals surface area contributed by atoms with Crippen LogP contribution in [0.4, 0.5) is 0 Å². The Bertz CT molecular complexity index is 400. The molecule has 0 saturated carbocycles. The van der Waals surface area contributed by atoms with Gasteiger partial charge in [0.15, 0.2) is 0 Å². The zero-order valence-electron chi connectivity index (χ0n) is 10.1. The van der Waals surface area contributed by atoms with Gasteiger partial charge >= 0.3 is 0 Å². The second kappa shape index (κ2) is 4.15.